The molecule has 1 aromatic heterocycles. The van der Waals surface area contributed by atoms with Crippen LogP contribution in [0.2, 0.25) is 5.02 Å². The van der Waals surface area contributed by atoms with Crippen LogP contribution in [-0.4, -0.2) is 9.91 Å². The number of nitrogens with zero attached hydrogens (tertiary/aromatic N) is 2. The largest absolute Gasteiger partial charge is 0.439 e. The fraction of sp³-hybridized carbons (Fsp3) is 0.100. The number of benzene rings is 1. The van der Waals surface area contributed by atoms with E-state index in [2.05, 4.69) is 4.98 Å². The van der Waals surface area contributed by atoms with Crippen LogP contribution < -0.4 is 0 Å². The maximum Gasteiger partial charge on any atom is 0.271 e. The average molecular weight is 273 g/mol. The summed E-state index contributed by atoms with van der Waals surface area (Å²) in [4.78, 5) is 14.1. The monoisotopic (exact) mass is 272 g/mol. The van der Waals surface area contributed by atoms with Crippen molar-refractivity contribution < 1.29 is 9.34 Å². The van der Waals surface area contributed by atoms with E-state index in [0.29, 0.717) is 17.2 Å². The Morgan fingerprint density at radius 1 is 1.41 bits per heavy atom. The summed E-state index contributed by atoms with van der Waals surface area (Å²) in [7, 11) is 0. The van der Waals surface area contributed by atoms with Crippen LogP contribution in [0.5, 0.6) is 0 Å². The van der Waals surface area contributed by atoms with Crippen LogP contribution in [0.1, 0.15) is 5.89 Å². The van der Waals surface area contributed by atoms with Crippen molar-refractivity contribution in [2.75, 3.05) is 0 Å². The first kappa shape index (κ1) is 11.9. The maximum absolute atomic E-state index is 10.7. The molecule has 0 saturated heterocycles. The average Bonchev–Trinajstić information content (AvgIpc) is 2.76. The Hall–Kier alpha value is -1.59. The lowest BCUT2D eigenvalue weighted by molar-refractivity contribution is -0.384. The molecule has 2 aromatic rings. The predicted octanol–water partition coefficient (Wildman–Crippen LogP) is 3.64. The molecule has 0 aliphatic heterocycles. The maximum atomic E-state index is 10.7. The quantitative estimate of drug-likeness (QED) is 0.486. The molecule has 0 aliphatic carbocycles. The first-order valence-corrected chi connectivity index (χ1v) is 5.47. The van der Waals surface area contributed by atoms with Gasteiger partial charge in [0.15, 0.2) is 5.76 Å². The molecule has 88 valence electrons. The van der Waals surface area contributed by atoms with Crippen molar-refractivity contribution in [3.05, 3.63) is 45.4 Å². The Labute approximate surface area is 106 Å². The Kier molecular flexibility index (Phi) is 3.31. The lowest BCUT2D eigenvalue weighted by Gasteiger charge is -1.98. The van der Waals surface area contributed by atoms with Crippen molar-refractivity contribution in [3.63, 3.8) is 0 Å². The summed E-state index contributed by atoms with van der Waals surface area (Å²) >= 11 is 11.3. The highest BCUT2D eigenvalue weighted by molar-refractivity contribution is 6.31. The second-order valence-corrected chi connectivity index (χ2v) is 3.91. The third-order valence-electron chi connectivity index (χ3n) is 2.05. The number of alkyl halides is 1. The Morgan fingerprint density at radius 3 is 2.76 bits per heavy atom. The van der Waals surface area contributed by atoms with Crippen molar-refractivity contribution in [3.8, 4) is 11.3 Å². The van der Waals surface area contributed by atoms with Gasteiger partial charge in [-0.25, -0.2) is 4.98 Å². The summed E-state index contributed by atoms with van der Waals surface area (Å²) in [6.07, 6.45) is 1.45. The van der Waals surface area contributed by atoms with Gasteiger partial charge >= 0.3 is 0 Å². The van der Waals surface area contributed by atoms with Crippen molar-refractivity contribution in [1.29, 1.82) is 0 Å². The molecule has 2 rings (SSSR count). The van der Waals surface area contributed by atoms with E-state index in [1.54, 1.807) is 6.07 Å². The summed E-state index contributed by atoms with van der Waals surface area (Å²) in [5.41, 5.74) is 0.393. The molecule has 5 nitrogen and oxygen atoms in total. The van der Waals surface area contributed by atoms with Gasteiger partial charge < -0.3 is 4.42 Å². The van der Waals surface area contributed by atoms with Crippen molar-refractivity contribution in [1.82, 2.24) is 4.98 Å². The van der Waals surface area contributed by atoms with E-state index in [1.807, 2.05) is 0 Å². The number of oxazole rings is 1. The molecule has 0 bridgehead atoms. The predicted molar refractivity (Wildman–Crippen MR) is 63.2 cm³/mol. The van der Waals surface area contributed by atoms with E-state index in [4.69, 9.17) is 27.6 Å². The van der Waals surface area contributed by atoms with E-state index in [1.165, 1.54) is 18.3 Å². The Morgan fingerprint density at radius 2 is 2.18 bits per heavy atom. The number of hydrogen-bond acceptors (Lipinski definition) is 4. The van der Waals surface area contributed by atoms with Crippen LogP contribution in [0.25, 0.3) is 11.3 Å². The van der Waals surface area contributed by atoms with Crippen molar-refractivity contribution in [2.24, 2.45) is 0 Å². The van der Waals surface area contributed by atoms with Crippen LogP contribution in [0, 0.1) is 10.1 Å². The Bertz CT molecular complexity index is 568. The fourth-order valence-corrected chi connectivity index (χ4v) is 1.68. The minimum absolute atomic E-state index is 0.101. The molecule has 0 N–H and O–H groups in total. The normalized spacial score (nSPS) is 10.5. The molecule has 0 saturated carbocycles. The Balaban J connectivity index is 2.47. The van der Waals surface area contributed by atoms with Gasteiger partial charge in [0.1, 0.15) is 0 Å². The molecule has 17 heavy (non-hydrogen) atoms. The SMILES string of the molecule is O=[N+]([O-])c1cc(Cl)cc(-c2cnc(CCl)o2)c1. The molecule has 1 aromatic carbocycles. The minimum Gasteiger partial charge on any atom is -0.439 e. The van der Waals surface area contributed by atoms with Gasteiger partial charge in [0.25, 0.3) is 5.69 Å². The van der Waals surface area contributed by atoms with Gasteiger partial charge in [0, 0.05) is 22.7 Å². The molecule has 0 fully saturated rings. The van der Waals surface area contributed by atoms with E-state index >= 15 is 0 Å². The van der Waals surface area contributed by atoms with Crippen LogP contribution in [0.4, 0.5) is 5.69 Å². The van der Waals surface area contributed by atoms with Crippen molar-refractivity contribution >= 4 is 28.9 Å². The lowest BCUT2D eigenvalue weighted by Crippen LogP contribution is -1.88. The smallest absolute Gasteiger partial charge is 0.271 e. The van der Waals surface area contributed by atoms with Gasteiger partial charge in [0.05, 0.1) is 17.0 Å². The second kappa shape index (κ2) is 4.73. The highest BCUT2D eigenvalue weighted by atomic mass is 35.5. The van der Waals surface area contributed by atoms with Gasteiger partial charge in [-0.15, -0.1) is 11.6 Å². The van der Waals surface area contributed by atoms with Gasteiger partial charge in [0.2, 0.25) is 5.89 Å². The van der Waals surface area contributed by atoms with E-state index in [0.717, 1.165) is 0 Å². The number of non-ortho nitro benzene ring substituents is 1. The second-order valence-electron chi connectivity index (χ2n) is 3.21. The molecule has 0 atom stereocenters. The molecule has 7 heteroatoms. The minimum atomic E-state index is -0.520. The van der Waals surface area contributed by atoms with Crippen LogP contribution >= 0.6 is 23.2 Å². The van der Waals surface area contributed by atoms with E-state index < -0.39 is 4.92 Å². The van der Waals surface area contributed by atoms with Gasteiger partial charge in [-0.05, 0) is 6.07 Å². The zero-order valence-electron chi connectivity index (χ0n) is 8.39. The van der Waals surface area contributed by atoms with Crippen LogP contribution in [0.3, 0.4) is 0 Å². The molecule has 0 spiro atoms. The summed E-state index contributed by atoms with van der Waals surface area (Å²) in [5, 5.41) is 10.9. The molecular weight excluding hydrogens is 267 g/mol. The molecule has 1 heterocycles. The van der Waals surface area contributed by atoms with E-state index in [9.17, 15) is 10.1 Å². The number of aromatic nitrogens is 1. The first-order valence-electron chi connectivity index (χ1n) is 4.56. The van der Waals surface area contributed by atoms with Gasteiger partial charge in [-0.1, -0.05) is 11.6 Å². The molecule has 0 aliphatic rings. The van der Waals surface area contributed by atoms with Crippen LogP contribution in [0.15, 0.2) is 28.8 Å². The van der Waals surface area contributed by atoms with E-state index in [-0.39, 0.29) is 16.6 Å². The zero-order chi connectivity index (χ0) is 12.4. The highest BCUT2D eigenvalue weighted by Crippen LogP contribution is 2.28. The summed E-state index contributed by atoms with van der Waals surface area (Å²) in [6.45, 7) is 0. The van der Waals surface area contributed by atoms with Gasteiger partial charge in [-0.3, -0.25) is 10.1 Å². The summed E-state index contributed by atoms with van der Waals surface area (Å²) in [5.74, 6) is 0.887. The number of nitro groups is 1. The van der Waals surface area contributed by atoms with Gasteiger partial charge in [-0.2, -0.15) is 0 Å². The third kappa shape index (κ3) is 2.57. The number of rotatable bonds is 3. The number of hydrogen-bond donors (Lipinski definition) is 0. The summed E-state index contributed by atoms with van der Waals surface area (Å²) < 4.78 is 5.28. The number of nitro benzene ring substituents is 1. The first-order chi connectivity index (χ1) is 8.10. The standard InChI is InChI=1S/C10H6Cl2N2O3/c11-4-10-13-5-9(17-10)6-1-7(12)3-8(2-6)14(15)16/h1-3,5H,4H2. The van der Waals surface area contributed by atoms with Crippen molar-refractivity contribution in [2.45, 2.75) is 5.88 Å². The third-order valence-corrected chi connectivity index (χ3v) is 2.49. The molecule has 0 radical (unpaired) electrons. The zero-order valence-corrected chi connectivity index (χ0v) is 9.90. The molecular formula is C10H6Cl2N2O3. The molecule has 0 amide bonds. The molecule has 0 unspecified atom stereocenters. The van der Waals surface area contributed by atoms with Crippen LogP contribution in [-0.2, 0) is 5.88 Å². The lowest BCUT2D eigenvalue weighted by atomic mass is 10.1. The topological polar surface area (TPSA) is 69.2 Å². The highest BCUT2D eigenvalue weighted by Gasteiger charge is 2.13. The number of halogens is 2. The fourth-order valence-electron chi connectivity index (χ4n) is 1.33. The summed E-state index contributed by atoms with van der Waals surface area (Å²) in [6, 6.07) is 4.20.